The molecule has 0 aliphatic heterocycles. The lowest BCUT2D eigenvalue weighted by molar-refractivity contribution is 0.102. The first-order valence-electron chi connectivity index (χ1n) is 8.42. The summed E-state index contributed by atoms with van der Waals surface area (Å²) in [6.45, 7) is 0. The molecule has 0 spiro atoms. The van der Waals surface area contributed by atoms with Crippen molar-refractivity contribution in [2.24, 2.45) is 0 Å². The number of rotatable bonds is 4. The fraction of sp³-hybridized carbons (Fsp3) is 0.0526. The number of carbonyl (C=O) groups is 1. The van der Waals surface area contributed by atoms with Crippen LogP contribution < -0.4 is 10.1 Å². The van der Waals surface area contributed by atoms with Crippen LogP contribution in [-0.2, 0) is 0 Å². The van der Waals surface area contributed by atoms with Crippen molar-refractivity contribution in [1.82, 2.24) is 23.9 Å². The zero-order valence-corrected chi connectivity index (χ0v) is 15.6. The summed E-state index contributed by atoms with van der Waals surface area (Å²) in [6, 6.07) is 9.41. The molecule has 0 bridgehead atoms. The Balaban J connectivity index is 1.39. The number of nitrogens with zero attached hydrogens (tertiary/aromatic N) is 5. The molecule has 0 fully saturated rings. The summed E-state index contributed by atoms with van der Waals surface area (Å²) in [6.07, 6.45) is 8.49. The molecule has 1 amide bonds. The van der Waals surface area contributed by atoms with Gasteiger partial charge in [-0.05, 0) is 30.3 Å². The van der Waals surface area contributed by atoms with Crippen LogP contribution in [0.25, 0.3) is 21.0 Å². The van der Waals surface area contributed by atoms with Crippen LogP contribution in [0.2, 0.25) is 0 Å². The van der Waals surface area contributed by atoms with Crippen LogP contribution in [0.5, 0.6) is 5.75 Å². The number of fused-ring (bicyclic) bond motifs is 3. The van der Waals surface area contributed by atoms with Crippen LogP contribution in [0, 0.1) is 0 Å². The number of methoxy groups -OCH3 is 1. The Hall–Kier alpha value is -3.72. The second-order valence-corrected chi connectivity index (χ2v) is 7.05. The van der Waals surface area contributed by atoms with Gasteiger partial charge in [0.2, 0.25) is 0 Å². The second kappa shape index (κ2) is 6.46. The molecule has 4 aromatic heterocycles. The van der Waals surface area contributed by atoms with Gasteiger partial charge in [-0.3, -0.25) is 13.8 Å². The minimum Gasteiger partial charge on any atom is -0.497 e. The number of anilines is 1. The van der Waals surface area contributed by atoms with Gasteiger partial charge in [0, 0.05) is 18.6 Å². The number of imidazole rings is 2. The lowest BCUT2D eigenvalue weighted by Gasteiger charge is -2.05. The number of ether oxygens (including phenoxy) is 1. The van der Waals surface area contributed by atoms with Crippen LogP contribution in [0.4, 0.5) is 5.69 Å². The molecule has 5 rings (SSSR count). The van der Waals surface area contributed by atoms with Gasteiger partial charge in [0.1, 0.15) is 23.6 Å². The van der Waals surface area contributed by atoms with E-state index in [0.717, 1.165) is 26.7 Å². The van der Waals surface area contributed by atoms with E-state index in [-0.39, 0.29) is 5.91 Å². The number of carbonyl (C=O) groups excluding carboxylic acids is 1. The van der Waals surface area contributed by atoms with Crippen LogP contribution in [-0.4, -0.2) is 36.9 Å². The molecule has 5 aromatic rings. The molecule has 0 saturated heterocycles. The number of pyridine rings is 1. The Kier molecular flexibility index (Phi) is 3.80. The van der Waals surface area contributed by atoms with Gasteiger partial charge in [0.05, 0.1) is 29.2 Å². The van der Waals surface area contributed by atoms with Crippen molar-refractivity contribution >= 4 is 38.1 Å². The molecule has 28 heavy (non-hydrogen) atoms. The maximum absolute atomic E-state index is 12.6. The van der Waals surface area contributed by atoms with E-state index in [0.29, 0.717) is 11.4 Å². The Morgan fingerprint density at radius 3 is 2.93 bits per heavy atom. The first-order valence-corrected chi connectivity index (χ1v) is 9.24. The maximum Gasteiger partial charge on any atom is 0.275 e. The fourth-order valence-electron chi connectivity index (χ4n) is 2.92. The monoisotopic (exact) mass is 390 g/mol. The number of nitrogens with one attached hydrogen (secondary N) is 1. The zero-order chi connectivity index (χ0) is 19.1. The van der Waals surface area contributed by atoms with Gasteiger partial charge >= 0.3 is 0 Å². The number of benzene rings is 1. The van der Waals surface area contributed by atoms with E-state index in [2.05, 4.69) is 20.3 Å². The predicted octanol–water partition coefficient (Wildman–Crippen LogP) is 3.39. The highest BCUT2D eigenvalue weighted by Crippen LogP contribution is 2.29. The molecule has 0 aliphatic rings. The second-order valence-electron chi connectivity index (χ2n) is 6.04. The van der Waals surface area contributed by atoms with Gasteiger partial charge in [-0.2, -0.15) is 0 Å². The predicted molar refractivity (Wildman–Crippen MR) is 106 cm³/mol. The third-order valence-corrected chi connectivity index (χ3v) is 5.33. The molecule has 0 aliphatic carbocycles. The van der Waals surface area contributed by atoms with Crippen LogP contribution >= 0.6 is 11.3 Å². The minimum atomic E-state index is -0.283. The molecule has 1 aromatic carbocycles. The third kappa shape index (κ3) is 2.78. The highest BCUT2D eigenvalue weighted by atomic mass is 32.1. The van der Waals surface area contributed by atoms with Crippen LogP contribution in [0.15, 0.2) is 61.4 Å². The lowest BCUT2D eigenvalue weighted by Crippen LogP contribution is -2.12. The van der Waals surface area contributed by atoms with E-state index in [1.807, 2.05) is 28.7 Å². The highest BCUT2D eigenvalue weighted by Gasteiger charge is 2.15. The smallest absolute Gasteiger partial charge is 0.275 e. The molecule has 4 heterocycles. The number of hydrogen-bond acceptors (Lipinski definition) is 6. The van der Waals surface area contributed by atoms with Gasteiger partial charge in [-0.15, -0.1) is 0 Å². The lowest BCUT2D eigenvalue weighted by atomic mass is 10.3. The molecule has 138 valence electrons. The van der Waals surface area contributed by atoms with Crippen molar-refractivity contribution in [1.29, 1.82) is 0 Å². The molecule has 1 N–H and O–H groups in total. The number of amides is 1. The Labute approximate surface area is 163 Å². The standard InChI is InChI=1S/C19H14N6O2S/c1-27-13-3-4-15-16(8-13)28-19-23-14(10-25(15)19)18(26)22-12-2-5-17(21-9-12)24-7-6-20-11-24/h2-11H,1H3,(H,22,26). The summed E-state index contributed by atoms with van der Waals surface area (Å²) < 4.78 is 10.0. The minimum absolute atomic E-state index is 0.283. The number of hydrogen-bond donors (Lipinski definition) is 1. The topological polar surface area (TPSA) is 86.3 Å². The van der Waals surface area contributed by atoms with Crippen molar-refractivity contribution < 1.29 is 9.53 Å². The van der Waals surface area contributed by atoms with E-state index in [4.69, 9.17) is 4.74 Å². The molecule has 9 heteroatoms. The molecule has 0 saturated carbocycles. The summed E-state index contributed by atoms with van der Waals surface area (Å²) in [7, 11) is 1.64. The molecule has 8 nitrogen and oxygen atoms in total. The molecule has 0 radical (unpaired) electrons. The average Bonchev–Trinajstić information content (AvgIpc) is 3.44. The molecular weight excluding hydrogens is 376 g/mol. The fourth-order valence-corrected chi connectivity index (χ4v) is 3.96. The summed E-state index contributed by atoms with van der Waals surface area (Å²) in [5.74, 6) is 1.23. The number of thiazole rings is 1. The molecular formula is C19H14N6O2S. The van der Waals surface area contributed by atoms with Gasteiger partial charge in [0.15, 0.2) is 4.96 Å². The molecule has 0 atom stereocenters. The summed E-state index contributed by atoms with van der Waals surface area (Å²) in [4.78, 5) is 26.1. The van der Waals surface area contributed by atoms with E-state index in [1.165, 1.54) is 11.3 Å². The quantitative estimate of drug-likeness (QED) is 0.508. The summed E-state index contributed by atoms with van der Waals surface area (Å²) >= 11 is 1.51. The van der Waals surface area contributed by atoms with Crippen molar-refractivity contribution in [3.63, 3.8) is 0 Å². The maximum atomic E-state index is 12.6. The highest BCUT2D eigenvalue weighted by molar-refractivity contribution is 7.23. The average molecular weight is 390 g/mol. The van der Waals surface area contributed by atoms with Crippen LogP contribution in [0.3, 0.4) is 0 Å². The largest absolute Gasteiger partial charge is 0.497 e. The van der Waals surface area contributed by atoms with Crippen molar-refractivity contribution in [2.45, 2.75) is 0 Å². The van der Waals surface area contributed by atoms with E-state index in [1.54, 1.807) is 48.9 Å². The normalized spacial score (nSPS) is 11.2. The number of aromatic nitrogens is 5. The molecule has 0 unspecified atom stereocenters. The van der Waals surface area contributed by atoms with Crippen LogP contribution in [0.1, 0.15) is 10.5 Å². The Morgan fingerprint density at radius 2 is 2.18 bits per heavy atom. The van der Waals surface area contributed by atoms with E-state index >= 15 is 0 Å². The Bertz CT molecular complexity index is 1290. The van der Waals surface area contributed by atoms with Gasteiger partial charge in [-0.25, -0.2) is 15.0 Å². The first-order chi connectivity index (χ1) is 13.7. The SMILES string of the molecule is COc1ccc2c(c1)sc1nc(C(=O)Nc3ccc(-n4ccnc4)nc3)cn12. The Morgan fingerprint density at radius 1 is 1.25 bits per heavy atom. The zero-order valence-electron chi connectivity index (χ0n) is 14.7. The first kappa shape index (κ1) is 16.5. The third-order valence-electron chi connectivity index (χ3n) is 4.31. The van der Waals surface area contributed by atoms with E-state index < -0.39 is 0 Å². The van der Waals surface area contributed by atoms with E-state index in [9.17, 15) is 4.79 Å². The van der Waals surface area contributed by atoms with Crippen molar-refractivity contribution in [3.8, 4) is 11.6 Å². The summed E-state index contributed by atoms with van der Waals surface area (Å²) in [5, 5.41) is 2.83. The van der Waals surface area contributed by atoms with Gasteiger partial charge in [0.25, 0.3) is 5.91 Å². The summed E-state index contributed by atoms with van der Waals surface area (Å²) in [5.41, 5.74) is 1.93. The van der Waals surface area contributed by atoms with Crippen molar-refractivity contribution in [2.75, 3.05) is 12.4 Å². The van der Waals surface area contributed by atoms with Gasteiger partial charge in [-0.1, -0.05) is 11.3 Å². The van der Waals surface area contributed by atoms with Gasteiger partial charge < -0.3 is 10.1 Å². The van der Waals surface area contributed by atoms with Crippen molar-refractivity contribution in [3.05, 3.63) is 67.1 Å².